The van der Waals surface area contributed by atoms with Crippen molar-refractivity contribution in [2.45, 2.75) is 27.2 Å². The summed E-state index contributed by atoms with van der Waals surface area (Å²) in [5, 5.41) is 4.47. The Morgan fingerprint density at radius 3 is 2.88 bits per heavy atom. The van der Waals surface area contributed by atoms with Crippen LogP contribution in [0.1, 0.15) is 25.3 Å². The molecule has 3 nitrogen and oxygen atoms in total. The molecule has 0 fully saturated rings. The maximum atomic E-state index is 6.03. The van der Waals surface area contributed by atoms with Crippen molar-refractivity contribution in [2.24, 2.45) is 5.92 Å². The summed E-state index contributed by atoms with van der Waals surface area (Å²) in [5.74, 6) is 0.703. The number of fused-ring (bicyclic) bond motifs is 1. The number of rotatable bonds is 4. The maximum Gasteiger partial charge on any atom is 0.0907 e. The molecule has 0 aliphatic heterocycles. The average molecular weight is 249 g/mol. The van der Waals surface area contributed by atoms with Gasteiger partial charge in [-0.1, -0.05) is 13.8 Å². The first kappa shape index (κ1) is 12.2. The predicted molar refractivity (Wildman–Crippen MR) is 76.7 cm³/mol. The predicted octanol–water partition coefficient (Wildman–Crippen LogP) is 3.64. The summed E-state index contributed by atoms with van der Waals surface area (Å²) in [7, 11) is 0. The van der Waals surface area contributed by atoms with Gasteiger partial charge in [0.1, 0.15) is 0 Å². The van der Waals surface area contributed by atoms with E-state index in [1.54, 1.807) is 11.3 Å². The van der Waals surface area contributed by atoms with Crippen LogP contribution in [0.25, 0.3) is 10.2 Å². The van der Waals surface area contributed by atoms with Crippen molar-refractivity contribution in [3.63, 3.8) is 0 Å². The van der Waals surface area contributed by atoms with E-state index in [2.05, 4.69) is 30.2 Å². The van der Waals surface area contributed by atoms with Crippen LogP contribution < -0.4 is 11.1 Å². The summed E-state index contributed by atoms with van der Waals surface area (Å²) in [5.41, 5.74) is 8.88. The number of aromatic nitrogens is 1. The molecule has 0 aliphatic carbocycles. The number of aryl methyl sites for hydroxylation is 1. The molecule has 0 saturated heterocycles. The van der Waals surface area contributed by atoms with Crippen molar-refractivity contribution >= 4 is 32.9 Å². The van der Waals surface area contributed by atoms with E-state index >= 15 is 0 Å². The maximum absolute atomic E-state index is 6.03. The molecular weight excluding hydrogens is 230 g/mol. The van der Waals surface area contributed by atoms with Crippen LogP contribution in [0.5, 0.6) is 0 Å². The van der Waals surface area contributed by atoms with Gasteiger partial charge in [0.25, 0.3) is 0 Å². The molecule has 3 N–H and O–H groups in total. The molecule has 0 atom stereocenters. The van der Waals surface area contributed by atoms with Crippen LogP contribution in [0, 0.1) is 12.8 Å². The van der Waals surface area contributed by atoms with Crippen LogP contribution in [0.2, 0.25) is 0 Å². The van der Waals surface area contributed by atoms with Crippen LogP contribution in [-0.4, -0.2) is 11.5 Å². The molecule has 17 heavy (non-hydrogen) atoms. The Morgan fingerprint density at radius 1 is 1.41 bits per heavy atom. The Kier molecular flexibility index (Phi) is 3.52. The third kappa shape index (κ3) is 2.88. The third-order valence-electron chi connectivity index (χ3n) is 2.70. The van der Waals surface area contributed by atoms with E-state index in [1.165, 1.54) is 0 Å². The normalized spacial score (nSPS) is 11.3. The van der Waals surface area contributed by atoms with E-state index < -0.39 is 0 Å². The number of benzene rings is 1. The van der Waals surface area contributed by atoms with E-state index in [1.807, 2.05) is 13.0 Å². The Labute approximate surface area is 106 Å². The smallest absolute Gasteiger partial charge is 0.0907 e. The zero-order valence-electron chi connectivity index (χ0n) is 10.6. The summed E-state index contributed by atoms with van der Waals surface area (Å²) < 4.78 is 1.16. The quantitative estimate of drug-likeness (QED) is 0.813. The highest BCUT2D eigenvalue weighted by molar-refractivity contribution is 7.18. The monoisotopic (exact) mass is 249 g/mol. The number of nitrogens with two attached hydrogens (primary N) is 1. The van der Waals surface area contributed by atoms with Crippen LogP contribution in [0.3, 0.4) is 0 Å². The van der Waals surface area contributed by atoms with Crippen molar-refractivity contribution in [2.75, 3.05) is 17.6 Å². The Balaban J connectivity index is 2.18. The lowest BCUT2D eigenvalue weighted by molar-refractivity contribution is 0.607. The van der Waals surface area contributed by atoms with Crippen LogP contribution in [-0.2, 0) is 0 Å². The fourth-order valence-corrected chi connectivity index (χ4v) is 2.61. The summed E-state index contributed by atoms with van der Waals surface area (Å²) >= 11 is 1.68. The molecule has 1 aromatic heterocycles. The van der Waals surface area contributed by atoms with Gasteiger partial charge in [0.15, 0.2) is 0 Å². The first-order valence-corrected chi connectivity index (χ1v) is 6.78. The molecule has 0 saturated carbocycles. The molecule has 2 aromatic rings. The van der Waals surface area contributed by atoms with E-state index in [-0.39, 0.29) is 0 Å². The largest absolute Gasteiger partial charge is 0.397 e. The molecule has 0 bridgehead atoms. The molecule has 0 radical (unpaired) electrons. The van der Waals surface area contributed by atoms with Gasteiger partial charge in [0.2, 0.25) is 0 Å². The minimum Gasteiger partial charge on any atom is -0.397 e. The highest BCUT2D eigenvalue weighted by Gasteiger charge is 2.06. The first-order chi connectivity index (χ1) is 8.06. The molecule has 1 heterocycles. The van der Waals surface area contributed by atoms with Gasteiger partial charge in [0.05, 0.1) is 26.6 Å². The molecule has 0 amide bonds. The molecule has 4 heteroatoms. The SMILES string of the molecule is Cc1nc2cc(NCCC(C)C)c(N)cc2s1. The third-order valence-corrected chi connectivity index (χ3v) is 3.64. The Morgan fingerprint density at radius 2 is 2.18 bits per heavy atom. The molecular formula is C13H19N3S. The van der Waals surface area contributed by atoms with E-state index in [9.17, 15) is 0 Å². The lowest BCUT2D eigenvalue weighted by atomic mass is 10.1. The van der Waals surface area contributed by atoms with Crippen molar-refractivity contribution < 1.29 is 0 Å². The lowest BCUT2D eigenvalue weighted by Gasteiger charge is -2.10. The Bertz CT molecular complexity index is 517. The van der Waals surface area contributed by atoms with Gasteiger partial charge in [-0.15, -0.1) is 11.3 Å². The van der Waals surface area contributed by atoms with Crippen molar-refractivity contribution in [1.29, 1.82) is 0 Å². The Hall–Kier alpha value is -1.29. The van der Waals surface area contributed by atoms with E-state index in [4.69, 9.17) is 5.73 Å². The van der Waals surface area contributed by atoms with Gasteiger partial charge in [-0.05, 0) is 31.4 Å². The number of nitrogen functional groups attached to an aromatic ring is 1. The number of anilines is 2. The van der Waals surface area contributed by atoms with Gasteiger partial charge in [0, 0.05) is 6.54 Å². The number of nitrogens with zero attached hydrogens (tertiary/aromatic N) is 1. The molecule has 92 valence electrons. The molecule has 1 aromatic carbocycles. The zero-order chi connectivity index (χ0) is 12.4. The second kappa shape index (κ2) is 4.92. The molecule has 0 unspecified atom stereocenters. The van der Waals surface area contributed by atoms with Crippen LogP contribution in [0.15, 0.2) is 12.1 Å². The summed E-state index contributed by atoms with van der Waals surface area (Å²) in [6.45, 7) is 7.42. The van der Waals surface area contributed by atoms with Crippen LogP contribution >= 0.6 is 11.3 Å². The number of hydrogen-bond donors (Lipinski definition) is 2. The van der Waals surface area contributed by atoms with Gasteiger partial charge < -0.3 is 11.1 Å². The van der Waals surface area contributed by atoms with Gasteiger partial charge in [-0.2, -0.15) is 0 Å². The first-order valence-electron chi connectivity index (χ1n) is 5.97. The van der Waals surface area contributed by atoms with Crippen molar-refractivity contribution in [3.05, 3.63) is 17.1 Å². The van der Waals surface area contributed by atoms with Crippen molar-refractivity contribution in [1.82, 2.24) is 4.98 Å². The highest BCUT2D eigenvalue weighted by Crippen LogP contribution is 2.29. The highest BCUT2D eigenvalue weighted by atomic mass is 32.1. The lowest BCUT2D eigenvalue weighted by Crippen LogP contribution is -2.06. The van der Waals surface area contributed by atoms with Gasteiger partial charge in [-0.25, -0.2) is 4.98 Å². The number of hydrogen-bond acceptors (Lipinski definition) is 4. The summed E-state index contributed by atoms with van der Waals surface area (Å²) in [6.07, 6.45) is 1.15. The fraction of sp³-hybridized carbons (Fsp3) is 0.462. The fourth-order valence-electron chi connectivity index (χ4n) is 1.75. The van der Waals surface area contributed by atoms with Gasteiger partial charge in [-0.3, -0.25) is 0 Å². The molecule has 0 spiro atoms. The number of thiazole rings is 1. The van der Waals surface area contributed by atoms with Crippen LogP contribution in [0.4, 0.5) is 11.4 Å². The summed E-state index contributed by atoms with van der Waals surface area (Å²) in [4.78, 5) is 4.48. The molecule has 2 rings (SSSR count). The second-order valence-corrected chi connectivity index (χ2v) is 5.98. The topological polar surface area (TPSA) is 50.9 Å². The van der Waals surface area contributed by atoms with E-state index in [0.717, 1.165) is 39.6 Å². The van der Waals surface area contributed by atoms with Gasteiger partial charge >= 0.3 is 0 Å². The number of nitrogens with one attached hydrogen (secondary N) is 1. The standard InChI is InChI=1S/C13H19N3S/c1-8(2)4-5-15-11-7-12-13(6-10(11)14)17-9(3)16-12/h6-8,15H,4-5,14H2,1-3H3. The molecule has 0 aliphatic rings. The average Bonchev–Trinajstić information content (AvgIpc) is 2.57. The van der Waals surface area contributed by atoms with E-state index in [0.29, 0.717) is 5.92 Å². The van der Waals surface area contributed by atoms with Crippen molar-refractivity contribution in [3.8, 4) is 0 Å². The second-order valence-electron chi connectivity index (χ2n) is 4.75. The minimum absolute atomic E-state index is 0.703. The minimum atomic E-state index is 0.703. The summed E-state index contributed by atoms with van der Waals surface area (Å²) in [6, 6.07) is 4.06. The zero-order valence-corrected chi connectivity index (χ0v) is 11.4.